The molecule has 1 fully saturated rings. The maximum atomic E-state index is 12.5. The second kappa shape index (κ2) is 8.49. The number of rotatable bonds is 6. The van der Waals surface area contributed by atoms with Crippen LogP contribution in [0.5, 0.6) is 0 Å². The van der Waals surface area contributed by atoms with Gasteiger partial charge in [-0.1, -0.05) is 18.5 Å². The number of H-pyrrole nitrogens is 1. The van der Waals surface area contributed by atoms with Crippen molar-refractivity contribution in [2.45, 2.75) is 31.9 Å². The van der Waals surface area contributed by atoms with Gasteiger partial charge in [-0.2, -0.15) is 0 Å². The highest BCUT2D eigenvalue weighted by molar-refractivity contribution is 6.30. The highest BCUT2D eigenvalue weighted by Crippen LogP contribution is 2.20. The first kappa shape index (κ1) is 19.3. The summed E-state index contributed by atoms with van der Waals surface area (Å²) in [5.41, 5.74) is 1.28. The molecule has 2 aromatic rings. The Balaban J connectivity index is 1.65. The minimum absolute atomic E-state index is 0.151. The standard InChI is InChI=1S/C18H22ClN5O3/c1-3-12-16(19)23-17(21-12)18(26)22-13-6-7-24(9-14(13)27-2)15-5-4-11(10-25)8-20-15/h4-5,8,10,13-14H,3,6-7,9H2,1-2H3,(H,21,23)(H,22,26)/t13?,14-/m0/s1. The molecule has 3 rings (SSSR count). The number of pyridine rings is 1. The Bertz CT molecular complexity index is 808. The molecule has 1 amide bonds. The number of aldehydes is 1. The van der Waals surface area contributed by atoms with Crippen molar-refractivity contribution in [2.24, 2.45) is 0 Å². The molecule has 0 bridgehead atoms. The Morgan fingerprint density at radius 2 is 2.33 bits per heavy atom. The number of imidazole rings is 1. The quantitative estimate of drug-likeness (QED) is 0.729. The smallest absolute Gasteiger partial charge is 0.287 e. The first-order chi connectivity index (χ1) is 13.0. The van der Waals surface area contributed by atoms with Crippen LogP contribution in [0.4, 0.5) is 5.82 Å². The van der Waals surface area contributed by atoms with Gasteiger partial charge in [-0.15, -0.1) is 0 Å². The van der Waals surface area contributed by atoms with Crippen molar-refractivity contribution >= 4 is 29.6 Å². The Morgan fingerprint density at radius 3 is 2.93 bits per heavy atom. The molecule has 1 saturated heterocycles. The Labute approximate surface area is 162 Å². The molecule has 2 aromatic heterocycles. The summed E-state index contributed by atoms with van der Waals surface area (Å²) in [6.45, 7) is 3.22. The summed E-state index contributed by atoms with van der Waals surface area (Å²) in [6, 6.07) is 3.39. The van der Waals surface area contributed by atoms with Gasteiger partial charge in [0.05, 0.1) is 17.8 Å². The van der Waals surface area contributed by atoms with Crippen LogP contribution in [-0.2, 0) is 11.2 Å². The number of hydrogen-bond donors (Lipinski definition) is 2. The molecule has 27 heavy (non-hydrogen) atoms. The van der Waals surface area contributed by atoms with Gasteiger partial charge in [0.2, 0.25) is 0 Å². The average molecular weight is 392 g/mol. The minimum Gasteiger partial charge on any atom is -0.377 e. The van der Waals surface area contributed by atoms with Crippen molar-refractivity contribution in [1.82, 2.24) is 20.3 Å². The van der Waals surface area contributed by atoms with Crippen LogP contribution in [-0.4, -0.2) is 59.5 Å². The largest absolute Gasteiger partial charge is 0.377 e. The maximum Gasteiger partial charge on any atom is 0.287 e. The summed E-state index contributed by atoms with van der Waals surface area (Å²) in [6.07, 6.45) is 3.47. The van der Waals surface area contributed by atoms with Gasteiger partial charge in [0, 0.05) is 32.0 Å². The SMILES string of the molecule is CCc1[nH]c(C(=O)NC2CCN(c3ccc(C=O)cn3)C[C@@H]2OC)nc1Cl. The maximum absolute atomic E-state index is 12.5. The summed E-state index contributed by atoms with van der Waals surface area (Å²) in [4.78, 5) is 36.7. The number of halogens is 1. The predicted octanol–water partition coefficient (Wildman–Crippen LogP) is 1.86. The van der Waals surface area contributed by atoms with E-state index in [0.717, 1.165) is 17.8 Å². The van der Waals surface area contributed by atoms with Gasteiger partial charge >= 0.3 is 0 Å². The summed E-state index contributed by atoms with van der Waals surface area (Å²) in [5, 5.41) is 3.31. The number of aromatic nitrogens is 3. The summed E-state index contributed by atoms with van der Waals surface area (Å²) < 4.78 is 5.59. The van der Waals surface area contributed by atoms with Crippen LogP contribution in [0.1, 0.15) is 40.0 Å². The molecular formula is C18H22ClN5O3. The second-order valence-corrected chi connectivity index (χ2v) is 6.72. The van der Waals surface area contributed by atoms with Crippen molar-refractivity contribution < 1.29 is 14.3 Å². The molecule has 0 aliphatic carbocycles. The zero-order valence-electron chi connectivity index (χ0n) is 15.2. The molecule has 0 spiro atoms. The minimum atomic E-state index is -0.300. The van der Waals surface area contributed by atoms with E-state index in [1.165, 1.54) is 0 Å². The first-order valence-electron chi connectivity index (χ1n) is 8.80. The van der Waals surface area contributed by atoms with E-state index in [0.29, 0.717) is 36.6 Å². The number of methoxy groups -OCH3 is 1. The molecule has 1 aliphatic rings. The van der Waals surface area contributed by atoms with Crippen LogP contribution in [0.3, 0.4) is 0 Å². The number of piperidine rings is 1. The number of amides is 1. The fourth-order valence-electron chi connectivity index (χ4n) is 3.15. The molecule has 144 valence electrons. The van der Waals surface area contributed by atoms with Gasteiger partial charge in [0.1, 0.15) is 5.82 Å². The number of nitrogens with one attached hydrogen (secondary N) is 2. The van der Waals surface area contributed by atoms with Crippen LogP contribution >= 0.6 is 11.6 Å². The summed E-state index contributed by atoms with van der Waals surface area (Å²) in [5.74, 6) is 0.684. The van der Waals surface area contributed by atoms with E-state index >= 15 is 0 Å². The second-order valence-electron chi connectivity index (χ2n) is 6.36. The van der Waals surface area contributed by atoms with Crippen molar-refractivity contribution in [2.75, 3.05) is 25.1 Å². The molecule has 9 heteroatoms. The van der Waals surface area contributed by atoms with E-state index < -0.39 is 0 Å². The molecule has 1 aliphatic heterocycles. The number of ether oxygens (including phenoxy) is 1. The van der Waals surface area contributed by atoms with Gasteiger partial charge in [0.15, 0.2) is 17.3 Å². The number of carbonyl (C=O) groups excluding carboxylic acids is 2. The predicted molar refractivity (Wildman–Crippen MR) is 101 cm³/mol. The van der Waals surface area contributed by atoms with Crippen molar-refractivity contribution in [3.63, 3.8) is 0 Å². The van der Waals surface area contributed by atoms with Crippen molar-refractivity contribution in [3.8, 4) is 0 Å². The summed E-state index contributed by atoms with van der Waals surface area (Å²) in [7, 11) is 1.62. The number of anilines is 1. The molecule has 2 atom stereocenters. The van der Waals surface area contributed by atoms with E-state index in [1.54, 1.807) is 19.4 Å². The van der Waals surface area contributed by atoms with E-state index in [-0.39, 0.29) is 23.9 Å². The van der Waals surface area contributed by atoms with E-state index in [4.69, 9.17) is 16.3 Å². The molecule has 0 aromatic carbocycles. The number of aryl methyl sites for hydroxylation is 1. The van der Waals surface area contributed by atoms with E-state index in [9.17, 15) is 9.59 Å². The van der Waals surface area contributed by atoms with Gasteiger partial charge in [-0.25, -0.2) is 9.97 Å². The van der Waals surface area contributed by atoms with Crippen LogP contribution in [0.25, 0.3) is 0 Å². The molecule has 0 saturated carbocycles. The molecular weight excluding hydrogens is 370 g/mol. The molecule has 3 heterocycles. The van der Waals surface area contributed by atoms with Gasteiger partial charge in [0.25, 0.3) is 5.91 Å². The number of hydrogen-bond acceptors (Lipinski definition) is 6. The average Bonchev–Trinajstić information content (AvgIpc) is 3.09. The first-order valence-corrected chi connectivity index (χ1v) is 9.17. The summed E-state index contributed by atoms with van der Waals surface area (Å²) >= 11 is 6.01. The third kappa shape index (κ3) is 4.28. The van der Waals surface area contributed by atoms with Crippen LogP contribution in [0, 0.1) is 0 Å². The Hall–Kier alpha value is -2.45. The van der Waals surface area contributed by atoms with Crippen LogP contribution in [0.2, 0.25) is 5.15 Å². The highest BCUT2D eigenvalue weighted by Gasteiger charge is 2.32. The molecule has 8 nitrogen and oxygen atoms in total. The van der Waals surface area contributed by atoms with Gasteiger partial charge in [-0.3, -0.25) is 9.59 Å². The van der Waals surface area contributed by atoms with Crippen LogP contribution in [0.15, 0.2) is 18.3 Å². The van der Waals surface area contributed by atoms with Gasteiger partial charge < -0.3 is 19.9 Å². The van der Waals surface area contributed by atoms with Crippen LogP contribution < -0.4 is 10.2 Å². The number of carbonyl (C=O) groups is 2. The molecule has 0 radical (unpaired) electrons. The normalized spacial score (nSPS) is 19.7. The third-order valence-corrected chi connectivity index (χ3v) is 5.02. The lowest BCUT2D eigenvalue weighted by Crippen LogP contribution is -2.55. The zero-order chi connectivity index (χ0) is 19.4. The zero-order valence-corrected chi connectivity index (χ0v) is 16.0. The van der Waals surface area contributed by atoms with Crippen molar-refractivity contribution in [3.05, 3.63) is 40.6 Å². The van der Waals surface area contributed by atoms with Gasteiger partial charge in [-0.05, 0) is 25.0 Å². The third-order valence-electron chi connectivity index (χ3n) is 4.71. The molecule has 1 unspecified atom stereocenters. The van der Waals surface area contributed by atoms with Crippen molar-refractivity contribution in [1.29, 1.82) is 0 Å². The Morgan fingerprint density at radius 1 is 1.52 bits per heavy atom. The molecule has 2 N–H and O–H groups in total. The fourth-order valence-corrected chi connectivity index (χ4v) is 3.41. The lowest BCUT2D eigenvalue weighted by atomic mass is 10.0. The van der Waals surface area contributed by atoms with E-state index in [1.807, 2.05) is 13.0 Å². The Kier molecular flexibility index (Phi) is 6.08. The fraction of sp³-hybridized carbons (Fsp3) is 0.444. The lowest BCUT2D eigenvalue weighted by molar-refractivity contribution is 0.0537. The monoisotopic (exact) mass is 391 g/mol. The van der Waals surface area contributed by atoms with E-state index in [2.05, 4.69) is 25.2 Å². The topological polar surface area (TPSA) is 100 Å². The number of aromatic amines is 1. The highest BCUT2D eigenvalue weighted by atomic mass is 35.5. The number of nitrogens with zero attached hydrogens (tertiary/aromatic N) is 3. The lowest BCUT2D eigenvalue weighted by Gasteiger charge is -2.38.